The van der Waals surface area contributed by atoms with Crippen LogP contribution in [-0.4, -0.2) is 37.2 Å². The van der Waals surface area contributed by atoms with Crippen LogP contribution in [0.25, 0.3) is 0 Å². The molecule has 0 fully saturated rings. The van der Waals surface area contributed by atoms with Crippen LogP contribution in [0.5, 0.6) is 11.5 Å². The summed E-state index contributed by atoms with van der Waals surface area (Å²) in [7, 11) is 0. The molecule has 0 aliphatic heterocycles. The highest BCUT2D eigenvalue weighted by atomic mass is 16.5. The summed E-state index contributed by atoms with van der Waals surface area (Å²) >= 11 is 0. The fraction of sp³-hybridized carbons (Fsp3) is 0.282. The third-order valence-corrected chi connectivity index (χ3v) is 7.27. The largest absolute Gasteiger partial charge is 0.494 e. The van der Waals surface area contributed by atoms with E-state index in [1.165, 1.54) is 0 Å². The van der Waals surface area contributed by atoms with Crippen LogP contribution in [0.4, 0.5) is 11.4 Å². The van der Waals surface area contributed by atoms with Gasteiger partial charge < -0.3 is 9.47 Å². The molecule has 0 aliphatic carbocycles. The Morgan fingerprint density at radius 2 is 1.04 bits per heavy atom. The fourth-order valence-corrected chi connectivity index (χ4v) is 4.85. The van der Waals surface area contributed by atoms with Crippen molar-refractivity contribution in [3.8, 4) is 11.5 Å². The number of hydrogen-bond donors (Lipinski definition) is 0. The van der Waals surface area contributed by atoms with Gasteiger partial charge in [0.05, 0.1) is 24.6 Å². The molecule has 0 N–H and O–H groups in total. The second-order valence-electron chi connectivity index (χ2n) is 11.1. The van der Waals surface area contributed by atoms with Gasteiger partial charge in [-0.3, -0.25) is 19.6 Å². The highest BCUT2D eigenvalue weighted by molar-refractivity contribution is 5.85. The van der Waals surface area contributed by atoms with Crippen molar-refractivity contribution in [2.45, 2.75) is 52.9 Å². The van der Waals surface area contributed by atoms with Gasteiger partial charge in [0.1, 0.15) is 23.1 Å². The lowest BCUT2D eigenvalue weighted by atomic mass is 9.94. The fourth-order valence-electron chi connectivity index (χ4n) is 4.85. The lowest BCUT2D eigenvalue weighted by Crippen LogP contribution is -2.11. The van der Waals surface area contributed by atoms with E-state index in [0.717, 1.165) is 45.1 Å². The van der Waals surface area contributed by atoms with Gasteiger partial charge in [0, 0.05) is 38.1 Å². The topological polar surface area (TPSA) is 77.3 Å². The number of carbonyl (C=O) groups excluding carboxylic acids is 2. The zero-order chi connectivity index (χ0) is 31.9. The van der Waals surface area contributed by atoms with Crippen LogP contribution >= 0.6 is 0 Å². The molecule has 6 heteroatoms. The minimum absolute atomic E-state index is 0.156. The smallest absolute Gasteiger partial charge is 0.137 e. The number of ether oxygens (including phenoxy) is 2. The highest BCUT2D eigenvalue weighted by Gasteiger charge is 2.13. The van der Waals surface area contributed by atoms with Crippen LogP contribution in [0.1, 0.15) is 62.3 Å². The second kappa shape index (κ2) is 17.5. The molecular formula is C39H42N2O4. The molecular weight excluding hydrogens is 560 g/mol. The first-order chi connectivity index (χ1) is 21.9. The predicted molar refractivity (Wildman–Crippen MR) is 183 cm³/mol. The van der Waals surface area contributed by atoms with E-state index in [4.69, 9.17) is 9.47 Å². The lowest BCUT2D eigenvalue weighted by Gasteiger charge is -2.10. The number of Topliss-reactive ketones (excluding diaryl/α,β-unsaturated/α-hetero) is 2. The van der Waals surface area contributed by atoms with Crippen LogP contribution in [0.15, 0.2) is 107 Å². The number of benzene rings is 4. The summed E-state index contributed by atoms with van der Waals surface area (Å²) in [5.41, 5.74) is 5.61. The lowest BCUT2D eigenvalue weighted by molar-refractivity contribution is -0.121. The summed E-state index contributed by atoms with van der Waals surface area (Å²) in [4.78, 5) is 34.4. The Balaban J connectivity index is 1.15. The van der Waals surface area contributed by atoms with Crippen molar-refractivity contribution in [2.75, 3.05) is 13.2 Å². The maximum Gasteiger partial charge on any atom is 0.137 e. The minimum Gasteiger partial charge on any atom is -0.494 e. The third-order valence-electron chi connectivity index (χ3n) is 7.27. The van der Waals surface area contributed by atoms with Crippen LogP contribution < -0.4 is 9.47 Å². The van der Waals surface area contributed by atoms with Gasteiger partial charge in [-0.25, -0.2) is 0 Å². The molecule has 0 saturated heterocycles. The minimum atomic E-state index is 0.156. The third kappa shape index (κ3) is 11.6. The number of carbonyl (C=O) groups is 2. The predicted octanol–water partition coefficient (Wildman–Crippen LogP) is 8.72. The summed E-state index contributed by atoms with van der Waals surface area (Å²) < 4.78 is 10.9. The van der Waals surface area contributed by atoms with Crippen LogP contribution in [0, 0.1) is 5.92 Å². The van der Waals surface area contributed by atoms with Crippen molar-refractivity contribution >= 4 is 35.4 Å². The molecule has 1 atom stereocenters. The quantitative estimate of drug-likeness (QED) is 0.113. The van der Waals surface area contributed by atoms with E-state index in [1.54, 1.807) is 0 Å². The Labute approximate surface area is 266 Å². The number of hydrogen-bond acceptors (Lipinski definition) is 6. The van der Waals surface area contributed by atoms with Gasteiger partial charge in [0.2, 0.25) is 0 Å². The highest BCUT2D eigenvalue weighted by Crippen LogP contribution is 2.20. The second-order valence-corrected chi connectivity index (χ2v) is 11.1. The van der Waals surface area contributed by atoms with E-state index in [0.29, 0.717) is 45.3 Å². The zero-order valence-corrected chi connectivity index (χ0v) is 26.4. The van der Waals surface area contributed by atoms with Gasteiger partial charge in [-0.05, 0) is 97.0 Å². The van der Waals surface area contributed by atoms with E-state index in [1.807, 2.05) is 130 Å². The maximum absolute atomic E-state index is 12.7. The molecule has 0 unspecified atom stereocenters. The van der Waals surface area contributed by atoms with Crippen LogP contribution in [-0.2, 0) is 22.4 Å². The van der Waals surface area contributed by atoms with Gasteiger partial charge in [0.15, 0.2) is 0 Å². The van der Waals surface area contributed by atoms with Gasteiger partial charge >= 0.3 is 0 Å². The molecule has 232 valence electrons. The van der Waals surface area contributed by atoms with Crippen LogP contribution in [0.3, 0.4) is 0 Å². The molecule has 45 heavy (non-hydrogen) atoms. The van der Waals surface area contributed by atoms with Gasteiger partial charge in [0.25, 0.3) is 0 Å². The normalized spacial score (nSPS) is 12.0. The molecule has 0 aliphatic rings. The summed E-state index contributed by atoms with van der Waals surface area (Å²) in [5, 5.41) is 0. The van der Waals surface area contributed by atoms with E-state index in [-0.39, 0.29) is 17.5 Å². The Morgan fingerprint density at radius 1 is 0.622 bits per heavy atom. The summed E-state index contributed by atoms with van der Waals surface area (Å²) in [6, 6.07) is 31.1. The Bertz CT molecular complexity index is 1560. The van der Waals surface area contributed by atoms with Crippen molar-refractivity contribution < 1.29 is 19.1 Å². The van der Waals surface area contributed by atoms with E-state index in [2.05, 4.69) is 9.98 Å². The van der Waals surface area contributed by atoms with E-state index >= 15 is 0 Å². The first-order valence-electron chi connectivity index (χ1n) is 15.6. The van der Waals surface area contributed by atoms with Crippen LogP contribution in [0.2, 0.25) is 0 Å². The molecule has 0 saturated carbocycles. The van der Waals surface area contributed by atoms with E-state index in [9.17, 15) is 9.59 Å². The average Bonchev–Trinajstić information content (AvgIpc) is 3.05. The maximum atomic E-state index is 12.7. The summed E-state index contributed by atoms with van der Waals surface area (Å²) in [5.74, 6) is 2.19. The molecule has 4 aromatic rings. The molecule has 4 rings (SSSR count). The van der Waals surface area contributed by atoms with Gasteiger partial charge in [-0.15, -0.1) is 0 Å². The van der Waals surface area contributed by atoms with E-state index < -0.39 is 0 Å². The summed E-state index contributed by atoms with van der Waals surface area (Å²) in [6.45, 7) is 7.23. The molecule has 0 spiro atoms. The number of rotatable bonds is 17. The number of ketones is 2. The van der Waals surface area contributed by atoms with Crippen molar-refractivity contribution in [1.29, 1.82) is 0 Å². The SMILES string of the molecule is CCOc1ccc(/N=C/c2ccc(CC(=O)CC[C@H](C)CC(=O)Cc3ccc(/C=N/c4ccc(OCC)cc4)cc3)cc2)cc1. The Morgan fingerprint density at radius 3 is 1.47 bits per heavy atom. The van der Waals surface area contributed by atoms with Crippen molar-refractivity contribution in [1.82, 2.24) is 0 Å². The molecule has 0 radical (unpaired) electrons. The van der Waals surface area contributed by atoms with Gasteiger partial charge in [-0.2, -0.15) is 0 Å². The monoisotopic (exact) mass is 602 g/mol. The first kappa shape index (κ1) is 33.1. The number of nitrogens with zero attached hydrogens (tertiary/aromatic N) is 2. The molecule has 0 aromatic heterocycles. The molecule has 0 heterocycles. The van der Waals surface area contributed by atoms with Crippen molar-refractivity contribution in [3.05, 3.63) is 119 Å². The van der Waals surface area contributed by atoms with Crippen molar-refractivity contribution in [2.24, 2.45) is 15.9 Å². The zero-order valence-electron chi connectivity index (χ0n) is 26.4. The Hall–Kier alpha value is -4.84. The molecule has 0 bridgehead atoms. The summed E-state index contributed by atoms with van der Waals surface area (Å²) in [6.07, 6.45) is 6.06. The molecule has 4 aromatic carbocycles. The standard InChI is InChI=1S/C39H42N2O4/c1-4-44-38-20-15-34(16-21-38)40-27-32-11-7-30(8-12-32)25-36(42)19-6-29(3)24-37(43)26-31-9-13-33(14-10-31)28-41-35-17-22-39(23-18-35)45-5-2/h7-18,20-23,27-29H,4-6,19,24-26H2,1-3H3/b40-27+,41-28+/t29-/m0/s1. The first-order valence-corrected chi connectivity index (χ1v) is 15.6. The van der Waals surface area contributed by atoms with Crippen molar-refractivity contribution in [3.63, 3.8) is 0 Å². The number of aliphatic imine (C=N–C) groups is 2. The molecule has 6 nitrogen and oxygen atoms in total. The molecule has 0 amide bonds. The average molecular weight is 603 g/mol. The Kier molecular flexibility index (Phi) is 12.8. The van der Waals surface area contributed by atoms with Gasteiger partial charge in [-0.1, -0.05) is 55.5 Å².